The summed E-state index contributed by atoms with van der Waals surface area (Å²) in [6.07, 6.45) is 4.97. The van der Waals surface area contributed by atoms with Gasteiger partial charge in [0.1, 0.15) is 18.0 Å². The number of rotatable bonds is 5. The summed E-state index contributed by atoms with van der Waals surface area (Å²) in [7, 11) is 1.78. The molecule has 24 heavy (non-hydrogen) atoms. The van der Waals surface area contributed by atoms with Crippen molar-refractivity contribution in [3.63, 3.8) is 0 Å². The molecule has 0 aromatic heterocycles. The second kappa shape index (κ2) is 8.32. The van der Waals surface area contributed by atoms with E-state index in [0.717, 1.165) is 44.7 Å². The average molecular weight is 333 g/mol. The van der Waals surface area contributed by atoms with Crippen LogP contribution in [0.4, 0.5) is 0 Å². The van der Waals surface area contributed by atoms with Crippen molar-refractivity contribution in [3.8, 4) is 5.75 Å². The predicted octanol–water partition coefficient (Wildman–Crippen LogP) is 3.01. The number of benzene rings is 1. The Morgan fingerprint density at radius 2 is 1.96 bits per heavy atom. The van der Waals surface area contributed by atoms with Gasteiger partial charge in [-0.15, -0.1) is 0 Å². The molecule has 1 saturated heterocycles. The number of ether oxygens (including phenoxy) is 2. The van der Waals surface area contributed by atoms with E-state index in [0.29, 0.717) is 5.92 Å². The summed E-state index contributed by atoms with van der Waals surface area (Å²) in [5, 5.41) is 10.9. The summed E-state index contributed by atoms with van der Waals surface area (Å²) in [5.41, 5.74) is 1.19. The molecule has 4 nitrogen and oxygen atoms in total. The molecular weight excluding hydrogens is 302 g/mol. The van der Waals surface area contributed by atoms with Crippen molar-refractivity contribution in [2.45, 2.75) is 57.3 Å². The van der Waals surface area contributed by atoms with E-state index in [1.807, 2.05) is 18.2 Å². The topological polar surface area (TPSA) is 41.9 Å². The number of aliphatic hydroxyl groups excluding tert-OH is 1. The summed E-state index contributed by atoms with van der Waals surface area (Å²) in [5.74, 6) is 1.55. The normalized spacial score (nSPS) is 29.5. The fourth-order valence-corrected chi connectivity index (χ4v) is 4.20. The second-order valence-corrected chi connectivity index (χ2v) is 7.40. The Balaban J connectivity index is 1.58. The first-order valence-corrected chi connectivity index (χ1v) is 9.31. The molecule has 1 aliphatic carbocycles. The highest BCUT2D eigenvalue weighted by molar-refractivity contribution is 5.27. The van der Waals surface area contributed by atoms with Gasteiger partial charge in [-0.2, -0.15) is 0 Å². The van der Waals surface area contributed by atoms with Crippen LogP contribution in [-0.2, 0) is 4.74 Å². The largest absolute Gasteiger partial charge is 0.488 e. The molecule has 0 amide bonds. The maximum atomic E-state index is 10.9. The van der Waals surface area contributed by atoms with Gasteiger partial charge in [-0.25, -0.2) is 0 Å². The third-order valence-corrected chi connectivity index (χ3v) is 5.56. The number of aryl methyl sites for hydroxylation is 1. The number of likely N-dealkylation sites (tertiary alicyclic amines) is 1. The SMILES string of the molecule is COCC1CCN([C@H]2CCC[C@@H](Oc3cccc(C)c3)[C@@H]2O)CC1. The molecule has 3 rings (SSSR count). The highest BCUT2D eigenvalue weighted by atomic mass is 16.5. The molecule has 134 valence electrons. The summed E-state index contributed by atoms with van der Waals surface area (Å²) in [6, 6.07) is 8.35. The Morgan fingerprint density at radius 1 is 1.17 bits per heavy atom. The quantitative estimate of drug-likeness (QED) is 0.899. The zero-order chi connectivity index (χ0) is 16.9. The number of methoxy groups -OCH3 is 1. The Morgan fingerprint density at radius 3 is 2.67 bits per heavy atom. The Hall–Kier alpha value is -1.10. The molecule has 0 radical (unpaired) electrons. The standard InChI is InChI=1S/C20H31NO3/c1-15-5-3-6-17(13-15)24-19-8-4-7-18(20(19)22)21-11-9-16(10-12-21)14-23-2/h3,5-6,13,16,18-20,22H,4,7-12,14H2,1-2H3/t18-,19+,20+/m0/s1. The minimum absolute atomic E-state index is 0.0951. The van der Waals surface area contributed by atoms with Gasteiger partial charge in [-0.3, -0.25) is 4.90 Å². The molecule has 1 aromatic carbocycles. The molecule has 3 atom stereocenters. The molecule has 2 aliphatic rings. The van der Waals surface area contributed by atoms with Crippen LogP contribution in [0.25, 0.3) is 0 Å². The van der Waals surface area contributed by atoms with Crippen molar-refractivity contribution in [3.05, 3.63) is 29.8 Å². The van der Waals surface area contributed by atoms with Crippen LogP contribution in [0.3, 0.4) is 0 Å². The number of hydrogen-bond acceptors (Lipinski definition) is 4. The lowest BCUT2D eigenvalue weighted by Crippen LogP contribution is -2.54. The van der Waals surface area contributed by atoms with E-state index < -0.39 is 6.10 Å². The molecule has 1 aliphatic heterocycles. The molecule has 1 saturated carbocycles. The summed E-state index contributed by atoms with van der Waals surface area (Å²) >= 11 is 0. The number of piperidine rings is 1. The molecular formula is C20H31NO3. The first-order chi connectivity index (χ1) is 11.7. The van der Waals surface area contributed by atoms with E-state index in [4.69, 9.17) is 9.47 Å². The lowest BCUT2D eigenvalue weighted by atomic mass is 9.86. The van der Waals surface area contributed by atoms with Gasteiger partial charge in [0.05, 0.1) is 0 Å². The maximum Gasteiger partial charge on any atom is 0.126 e. The molecule has 1 aromatic rings. The van der Waals surface area contributed by atoms with E-state index in [1.165, 1.54) is 18.4 Å². The average Bonchev–Trinajstić information content (AvgIpc) is 2.58. The van der Waals surface area contributed by atoms with Crippen LogP contribution in [-0.4, -0.2) is 55.1 Å². The van der Waals surface area contributed by atoms with Crippen LogP contribution < -0.4 is 4.74 Å². The van der Waals surface area contributed by atoms with Crippen LogP contribution >= 0.6 is 0 Å². The van der Waals surface area contributed by atoms with Gasteiger partial charge < -0.3 is 14.6 Å². The van der Waals surface area contributed by atoms with Crippen molar-refractivity contribution >= 4 is 0 Å². The van der Waals surface area contributed by atoms with Crippen LogP contribution in [0, 0.1) is 12.8 Å². The Labute approximate surface area is 145 Å². The van der Waals surface area contributed by atoms with Crippen LogP contribution in [0.2, 0.25) is 0 Å². The zero-order valence-electron chi connectivity index (χ0n) is 15.0. The predicted molar refractivity (Wildman–Crippen MR) is 95.4 cm³/mol. The fraction of sp³-hybridized carbons (Fsp3) is 0.700. The van der Waals surface area contributed by atoms with Gasteiger partial charge >= 0.3 is 0 Å². The van der Waals surface area contributed by atoms with Crippen molar-refractivity contribution in [2.75, 3.05) is 26.8 Å². The third kappa shape index (κ3) is 4.29. The summed E-state index contributed by atoms with van der Waals surface area (Å²) in [4.78, 5) is 2.47. The van der Waals surface area contributed by atoms with Crippen molar-refractivity contribution in [2.24, 2.45) is 5.92 Å². The van der Waals surface area contributed by atoms with Gasteiger partial charge in [-0.05, 0) is 75.7 Å². The molecule has 1 N–H and O–H groups in total. The zero-order valence-corrected chi connectivity index (χ0v) is 15.0. The van der Waals surface area contributed by atoms with Gasteiger partial charge in [0, 0.05) is 19.8 Å². The fourth-order valence-electron chi connectivity index (χ4n) is 4.20. The maximum absolute atomic E-state index is 10.9. The van der Waals surface area contributed by atoms with Gasteiger partial charge in [-0.1, -0.05) is 12.1 Å². The second-order valence-electron chi connectivity index (χ2n) is 7.40. The molecule has 0 unspecified atom stereocenters. The number of hydrogen-bond donors (Lipinski definition) is 1. The van der Waals surface area contributed by atoms with E-state index >= 15 is 0 Å². The van der Waals surface area contributed by atoms with Gasteiger partial charge in [0.25, 0.3) is 0 Å². The highest BCUT2D eigenvalue weighted by Crippen LogP contribution is 2.30. The summed E-state index contributed by atoms with van der Waals surface area (Å²) in [6.45, 7) is 5.05. The van der Waals surface area contributed by atoms with Gasteiger partial charge in [0.2, 0.25) is 0 Å². The van der Waals surface area contributed by atoms with E-state index in [2.05, 4.69) is 17.9 Å². The number of aliphatic hydroxyl groups is 1. The van der Waals surface area contributed by atoms with E-state index in [9.17, 15) is 5.11 Å². The Kier molecular flexibility index (Phi) is 6.14. The lowest BCUT2D eigenvalue weighted by Gasteiger charge is -2.44. The van der Waals surface area contributed by atoms with Crippen LogP contribution in [0.15, 0.2) is 24.3 Å². The van der Waals surface area contributed by atoms with Crippen molar-refractivity contribution in [1.29, 1.82) is 0 Å². The Bertz CT molecular complexity index is 513. The third-order valence-electron chi connectivity index (χ3n) is 5.56. The summed E-state index contributed by atoms with van der Waals surface area (Å²) < 4.78 is 11.4. The monoisotopic (exact) mass is 333 g/mol. The van der Waals surface area contributed by atoms with Crippen molar-refractivity contribution in [1.82, 2.24) is 4.90 Å². The van der Waals surface area contributed by atoms with Crippen LogP contribution in [0.5, 0.6) is 5.75 Å². The minimum atomic E-state index is -0.404. The first-order valence-electron chi connectivity index (χ1n) is 9.31. The highest BCUT2D eigenvalue weighted by Gasteiger charge is 2.38. The van der Waals surface area contributed by atoms with Crippen LogP contribution in [0.1, 0.15) is 37.7 Å². The van der Waals surface area contributed by atoms with E-state index in [1.54, 1.807) is 7.11 Å². The first kappa shape index (κ1) is 17.7. The molecule has 0 bridgehead atoms. The van der Waals surface area contributed by atoms with Gasteiger partial charge in [0.15, 0.2) is 0 Å². The lowest BCUT2D eigenvalue weighted by molar-refractivity contribution is -0.0626. The minimum Gasteiger partial charge on any atom is -0.488 e. The van der Waals surface area contributed by atoms with E-state index in [-0.39, 0.29) is 12.1 Å². The molecule has 1 heterocycles. The van der Waals surface area contributed by atoms with Crippen molar-refractivity contribution < 1.29 is 14.6 Å². The number of nitrogens with zero attached hydrogens (tertiary/aromatic N) is 1. The molecule has 0 spiro atoms. The molecule has 4 heteroatoms. The smallest absolute Gasteiger partial charge is 0.126 e. The molecule has 2 fully saturated rings.